The van der Waals surface area contributed by atoms with E-state index in [0.29, 0.717) is 17.2 Å². The fourth-order valence-electron chi connectivity index (χ4n) is 3.14. The van der Waals surface area contributed by atoms with Crippen molar-refractivity contribution in [1.82, 2.24) is 10.2 Å². The first-order chi connectivity index (χ1) is 9.29. The smallest absolute Gasteiger partial charge is 0.240 e. The Bertz CT molecular complexity index is 371. The third-order valence-electron chi connectivity index (χ3n) is 4.26. The van der Waals surface area contributed by atoms with E-state index in [0.717, 1.165) is 19.5 Å². The van der Waals surface area contributed by atoms with E-state index in [1.807, 2.05) is 24.4 Å². The molecule has 3 aliphatic rings. The zero-order valence-corrected chi connectivity index (χ0v) is 12.9. The number of nitrogens with zero attached hydrogens (tertiary/aromatic N) is 2. The minimum Gasteiger partial charge on any atom is -0.341 e. The molecule has 0 bridgehead atoms. The number of aliphatic imine (C=N–C) groups is 1. The lowest BCUT2D eigenvalue weighted by molar-refractivity contribution is -0.133. The molecule has 1 N–H and O–H groups in total. The zero-order chi connectivity index (χ0) is 13.2. The van der Waals surface area contributed by atoms with Gasteiger partial charge in [0.05, 0.1) is 16.8 Å². The second-order valence-electron chi connectivity index (χ2n) is 5.49. The number of thioether (sulfide) groups is 2. The number of fused-ring (bicyclic) bond motifs is 1. The Morgan fingerprint density at radius 1 is 1.53 bits per heavy atom. The molecular weight excluding hydrogens is 278 g/mol. The first-order valence-corrected chi connectivity index (χ1v) is 9.10. The Kier molecular flexibility index (Phi) is 4.39. The van der Waals surface area contributed by atoms with E-state index >= 15 is 0 Å². The quantitative estimate of drug-likeness (QED) is 0.847. The van der Waals surface area contributed by atoms with Crippen LogP contribution in [0, 0.1) is 5.92 Å². The predicted molar refractivity (Wildman–Crippen MR) is 83.1 cm³/mol. The van der Waals surface area contributed by atoms with E-state index in [9.17, 15) is 4.79 Å². The maximum Gasteiger partial charge on any atom is 0.240 e. The van der Waals surface area contributed by atoms with E-state index in [4.69, 9.17) is 0 Å². The molecule has 2 fully saturated rings. The van der Waals surface area contributed by atoms with Crippen LogP contribution in [0.5, 0.6) is 0 Å². The molecule has 2 saturated heterocycles. The highest BCUT2D eigenvalue weighted by Gasteiger charge is 2.41. The van der Waals surface area contributed by atoms with E-state index < -0.39 is 0 Å². The summed E-state index contributed by atoms with van der Waals surface area (Å²) in [6.45, 7) is 1.81. The highest BCUT2D eigenvalue weighted by atomic mass is 32.2. The van der Waals surface area contributed by atoms with Gasteiger partial charge in [0, 0.05) is 13.1 Å². The molecule has 4 nitrogen and oxygen atoms in total. The van der Waals surface area contributed by atoms with Crippen LogP contribution in [0.25, 0.3) is 0 Å². The van der Waals surface area contributed by atoms with Gasteiger partial charge in [-0.15, -0.1) is 11.8 Å². The van der Waals surface area contributed by atoms with Gasteiger partial charge in [0.2, 0.25) is 5.91 Å². The predicted octanol–water partition coefficient (Wildman–Crippen LogP) is 1.07. The summed E-state index contributed by atoms with van der Waals surface area (Å²) in [5.74, 6) is 3.45. The van der Waals surface area contributed by atoms with Crippen LogP contribution in [0.15, 0.2) is 4.99 Å². The van der Waals surface area contributed by atoms with Crippen molar-refractivity contribution in [3.8, 4) is 0 Å². The van der Waals surface area contributed by atoms with E-state index in [1.165, 1.54) is 17.9 Å². The number of amides is 1. The monoisotopic (exact) mass is 299 g/mol. The second kappa shape index (κ2) is 6.06. The molecular formula is C13H21N3OS2. The lowest BCUT2D eigenvalue weighted by Crippen LogP contribution is -2.50. The molecule has 1 amide bonds. The van der Waals surface area contributed by atoms with Gasteiger partial charge >= 0.3 is 0 Å². The van der Waals surface area contributed by atoms with Crippen LogP contribution in [0.2, 0.25) is 0 Å². The van der Waals surface area contributed by atoms with Crippen molar-refractivity contribution in [2.24, 2.45) is 10.9 Å². The SMILES string of the molecule is CNC1C(=O)N(CC2CCSC2)CCC2N=CSC21. The first-order valence-electron chi connectivity index (χ1n) is 7.00. The van der Waals surface area contributed by atoms with Crippen LogP contribution in [0.4, 0.5) is 0 Å². The summed E-state index contributed by atoms with van der Waals surface area (Å²) in [7, 11) is 1.90. The van der Waals surface area contributed by atoms with Gasteiger partial charge in [0.15, 0.2) is 0 Å². The van der Waals surface area contributed by atoms with Crippen LogP contribution in [0.3, 0.4) is 0 Å². The molecule has 0 spiro atoms. The van der Waals surface area contributed by atoms with Gasteiger partial charge in [-0.2, -0.15) is 11.8 Å². The summed E-state index contributed by atoms with van der Waals surface area (Å²) in [5.41, 5.74) is 1.93. The third-order valence-corrected chi connectivity index (χ3v) is 6.64. The van der Waals surface area contributed by atoms with Gasteiger partial charge in [-0.25, -0.2) is 0 Å². The fourth-order valence-corrected chi connectivity index (χ4v) is 5.58. The lowest BCUT2D eigenvalue weighted by atomic mass is 10.1. The highest BCUT2D eigenvalue weighted by Crippen LogP contribution is 2.32. The average molecular weight is 299 g/mol. The van der Waals surface area contributed by atoms with Gasteiger partial charge in [-0.1, -0.05) is 0 Å². The number of likely N-dealkylation sites (N-methyl/N-ethyl adjacent to an activating group) is 1. The number of carbonyl (C=O) groups is 1. The Morgan fingerprint density at radius 2 is 2.42 bits per heavy atom. The topological polar surface area (TPSA) is 44.7 Å². The van der Waals surface area contributed by atoms with Crippen LogP contribution < -0.4 is 5.32 Å². The molecule has 4 unspecified atom stereocenters. The van der Waals surface area contributed by atoms with Crippen LogP contribution >= 0.6 is 23.5 Å². The Balaban J connectivity index is 1.70. The highest BCUT2D eigenvalue weighted by molar-refractivity contribution is 8.13. The Morgan fingerprint density at radius 3 is 3.16 bits per heavy atom. The van der Waals surface area contributed by atoms with Crippen molar-refractivity contribution >= 4 is 35.0 Å². The fraction of sp³-hybridized carbons (Fsp3) is 0.846. The largest absolute Gasteiger partial charge is 0.341 e. The minimum absolute atomic E-state index is 0.0749. The van der Waals surface area contributed by atoms with E-state index in [-0.39, 0.29) is 11.9 Å². The molecule has 19 heavy (non-hydrogen) atoms. The van der Waals surface area contributed by atoms with Crippen molar-refractivity contribution in [2.45, 2.75) is 30.2 Å². The molecule has 0 radical (unpaired) electrons. The standard InChI is InChI=1S/C13H21N3OS2/c1-14-11-12-10(15-8-19-12)2-4-16(13(11)17)6-9-3-5-18-7-9/h8-12,14H,2-7H2,1H3. The third kappa shape index (κ3) is 2.81. The second-order valence-corrected chi connectivity index (χ2v) is 7.67. The molecule has 106 valence electrons. The van der Waals surface area contributed by atoms with E-state index in [2.05, 4.69) is 15.2 Å². The number of hydrogen-bond donors (Lipinski definition) is 1. The molecule has 3 aliphatic heterocycles. The van der Waals surface area contributed by atoms with Crippen molar-refractivity contribution in [3.63, 3.8) is 0 Å². The number of nitrogens with one attached hydrogen (secondary N) is 1. The van der Waals surface area contributed by atoms with Crippen LogP contribution in [0.1, 0.15) is 12.8 Å². The Labute approximate surface area is 123 Å². The summed E-state index contributed by atoms with van der Waals surface area (Å²) in [4.78, 5) is 19.3. The van der Waals surface area contributed by atoms with Crippen molar-refractivity contribution < 1.29 is 4.79 Å². The van der Waals surface area contributed by atoms with Gasteiger partial charge in [0.25, 0.3) is 0 Å². The molecule has 3 rings (SSSR count). The van der Waals surface area contributed by atoms with Crippen molar-refractivity contribution in [3.05, 3.63) is 0 Å². The molecule has 0 aromatic heterocycles. The van der Waals surface area contributed by atoms with Crippen LogP contribution in [-0.4, -0.2) is 65.3 Å². The minimum atomic E-state index is -0.0749. The number of hydrogen-bond acceptors (Lipinski definition) is 5. The number of carbonyl (C=O) groups excluding carboxylic acids is 1. The summed E-state index contributed by atoms with van der Waals surface area (Å²) >= 11 is 3.73. The Hall–Kier alpha value is -0.200. The first kappa shape index (κ1) is 13.8. The average Bonchev–Trinajstić information content (AvgIpc) is 3.04. The summed E-state index contributed by atoms with van der Waals surface area (Å²) in [6.07, 6.45) is 2.27. The van der Waals surface area contributed by atoms with E-state index in [1.54, 1.807) is 11.8 Å². The lowest BCUT2D eigenvalue weighted by Gasteiger charge is -2.28. The van der Waals surface area contributed by atoms with Gasteiger partial charge in [-0.05, 0) is 37.3 Å². The zero-order valence-electron chi connectivity index (χ0n) is 11.2. The molecule has 0 aliphatic carbocycles. The van der Waals surface area contributed by atoms with Gasteiger partial charge in [0.1, 0.15) is 6.04 Å². The number of rotatable bonds is 3. The normalized spacial score (nSPS) is 38.6. The molecule has 0 aromatic rings. The van der Waals surface area contributed by atoms with Crippen molar-refractivity contribution in [2.75, 3.05) is 31.6 Å². The summed E-state index contributed by atoms with van der Waals surface area (Å²) in [5, 5.41) is 3.51. The molecule has 4 atom stereocenters. The molecule has 0 aromatic carbocycles. The van der Waals surface area contributed by atoms with Crippen molar-refractivity contribution in [1.29, 1.82) is 0 Å². The summed E-state index contributed by atoms with van der Waals surface area (Å²) < 4.78 is 0. The maximum absolute atomic E-state index is 12.7. The number of likely N-dealkylation sites (tertiary alicyclic amines) is 1. The molecule has 3 heterocycles. The molecule has 6 heteroatoms. The summed E-state index contributed by atoms with van der Waals surface area (Å²) in [6, 6.07) is 0.239. The van der Waals surface area contributed by atoms with Crippen LogP contribution in [-0.2, 0) is 4.79 Å². The molecule has 0 saturated carbocycles. The maximum atomic E-state index is 12.7. The van der Waals surface area contributed by atoms with Gasteiger partial charge < -0.3 is 10.2 Å². The van der Waals surface area contributed by atoms with Gasteiger partial charge in [-0.3, -0.25) is 9.79 Å².